The number of halogens is 1. The second-order valence-electron chi connectivity index (χ2n) is 2.40. The molecule has 1 aromatic carbocycles. The van der Waals surface area contributed by atoms with Gasteiger partial charge < -0.3 is 0 Å². The molecule has 0 bridgehead atoms. The largest absolute Gasteiger partial charge is 0.288 e. The molecule has 12 heavy (non-hydrogen) atoms. The van der Waals surface area contributed by atoms with E-state index in [0.717, 1.165) is 9.13 Å². The lowest BCUT2D eigenvalue weighted by Gasteiger charge is -2.01. The molecule has 0 saturated carbocycles. The van der Waals surface area contributed by atoms with E-state index in [9.17, 15) is 4.79 Å². The van der Waals surface area contributed by atoms with Crippen LogP contribution in [0.4, 0.5) is 0 Å². The third kappa shape index (κ3) is 1.95. The van der Waals surface area contributed by atoms with Gasteiger partial charge in [-0.05, 0) is 47.2 Å². The van der Waals surface area contributed by atoms with E-state index in [1.807, 2.05) is 13.0 Å². The van der Waals surface area contributed by atoms with Gasteiger partial charge in [0, 0.05) is 9.13 Å². The van der Waals surface area contributed by atoms with Crippen LogP contribution in [-0.2, 0) is 0 Å². The van der Waals surface area contributed by atoms with Crippen LogP contribution in [0.3, 0.4) is 0 Å². The molecular weight excluding hydrogens is 269 g/mol. The summed E-state index contributed by atoms with van der Waals surface area (Å²) in [6.45, 7) is 1.96. The molecule has 3 nitrogen and oxygen atoms in total. The zero-order valence-electron chi connectivity index (χ0n) is 6.47. The van der Waals surface area contributed by atoms with E-state index in [0.29, 0.717) is 5.56 Å². The summed E-state index contributed by atoms with van der Waals surface area (Å²) in [4.78, 5) is 10.9. The number of benzene rings is 1. The minimum atomic E-state index is -0.479. The van der Waals surface area contributed by atoms with E-state index in [2.05, 4.69) is 22.6 Å². The summed E-state index contributed by atoms with van der Waals surface area (Å²) in [5.41, 5.74) is 3.17. The number of amides is 1. The summed E-state index contributed by atoms with van der Waals surface area (Å²) in [5.74, 6) is -0.479. The van der Waals surface area contributed by atoms with Gasteiger partial charge in [0.25, 0.3) is 5.91 Å². The molecule has 0 aromatic heterocycles. The number of hydroxylamine groups is 1. The topological polar surface area (TPSA) is 49.3 Å². The van der Waals surface area contributed by atoms with Crippen molar-refractivity contribution in [1.29, 1.82) is 0 Å². The SMILES string of the molecule is Cc1ccc(C(=O)NO)cc1I. The lowest BCUT2D eigenvalue weighted by molar-refractivity contribution is 0.0706. The molecule has 0 fully saturated rings. The maximum atomic E-state index is 10.9. The second-order valence-corrected chi connectivity index (χ2v) is 3.57. The first-order chi connectivity index (χ1) is 5.65. The minimum absolute atomic E-state index is 0.465. The normalized spacial score (nSPS) is 9.58. The molecule has 0 heterocycles. The van der Waals surface area contributed by atoms with Crippen LogP contribution >= 0.6 is 22.6 Å². The molecule has 1 amide bonds. The molecular formula is C8H8INO2. The number of rotatable bonds is 1. The Kier molecular flexibility index (Phi) is 3.05. The van der Waals surface area contributed by atoms with E-state index in [-0.39, 0.29) is 0 Å². The first kappa shape index (κ1) is 9.47. The predicted molar refractivity (Wildman–Crippen MR) is 53.1 cm³/mol. The maximum absolute atomic E-state index is 10.9. The van der Waals surface area contributed by atoms with Crippen LogP contribution in [0, 0.1) is 10.5 Å². The predicted octanol–water partition coefficient (Wildman–Crippen LogP) is 1.72. The van der Waals surface area contributed by atoms with Crippen LogP contribution in [0.1, 0.15) is 15.9 Å². The lowest BCUT2D eigenvalue weighted by atomic mass is 10.1. The van der Waals surface area contributed by atoms with Gasteiger partial charge >= 0.3 is 0 Å². The van der Waals surface area contributed by atoms with Crippen molar-refractivity contribution in [2.75, 3.05) is 0 Å². The zero-order valence-corrected chi connectivity index (χ0v) is 8.62. The zero-order chi connectivity index (χ0) is 9.14. The number of carbonyl (C=O) groups excluding carboxylic acids is 1. The lowest BCUT2D eigenvalue weighted by Crippen LogP contribution is -2.18. The van der Waals surface area contributed by atoms with Crippen molar-refractivity contribution in [3.63, 3.8) is 0 Å². The summed E-state index contributed by atoms with van der Waals surface area (Å²) >= 11 is 2.14. The molecule has 0 aliphatic carbocycles. The number of nitrogens with one attached hydrogen (secondary N) is 1. The molecule has 0 radical (unpaired) electrons. The monoisotopic (exact) mass is 277 g/mol. The van der Waals surface area contributed by atoms with Crippen molar-refractivity contribution >= 4 is 28.5 Å². The Morgan fingerprint density at radius 3 is 2.75 bits per heavy atom. The average molecular weight is 277 g/mol. The van der Waals surface area contributed by atoms with Crippen molar-refractivity contribution in [3.8, 4) is 0 Å². The smallest absolute Gasteiger partial charge is 0.274 e. The van der Waals surface area contributed by atoms with E-state index in [1.54, 1.807) is 17.6 Å². The maximum Gasteiger partial charge on any atom is 0.274 e. The van der Waals surface area contributed by atoms with Gasteiger partial charge in [-0.1, -0.05) is 6.07 Å². The molecule has 0 aliphatic rings. The molecule has 64 valence electrons. The Bertz CT molecular complexity index is 312. The highest BCUT2D eigenvalue weighted by Gasteiger charge is 2.04. The van der Waals surface area contributed by atoms with Gasteiger partial charge in [0.05, 0.1) is 0 Å². The Balaban J connectivity index is 3.05. The van der Waals surface area contributed by atoms with E-state index in [1.165, 1.54) is 0 Å². The summed E-state index contributed by atoms with van der Waals surface area (Å²) in [6.07, 6.45) is 0. The second kappa shape index (κ2) is 3.86. The third-order valence-corrected chi connectivity index (χ3v) is 2.70. The van der Waals surface area contributed by atoms with Gasteiger partial charge in [-0.25, -0.2) is 5.48 Å². The summed E-state index contributed by atoms with van der Waals surface area (Å²) in [7, 11) is 0. The Hall–Kier alpha value is -0.620. The van der Waals surface area contributed by atoms with Crippen LogP contribution in [-0.4, -0.2) is 11.1 Å². The van der Waals surface area contributed by atoms with Crippen LogP contribution in [0.25, 0.3) is 0 Å². The van der Waals surface area contributed by atoms with Gasteiger partial charge in [-0.2, -0.15) is 0 Å². The van der Waals surface area contributed by atoms with Crippen molar-refractivity contribution < 1.29 is 10.0 Å². The van der Waals surface area contributed by atoms with Crippen LogP contribution in [0.15, 0.2) is 18.2 Å². The quantitative estimate of drug-likeness (QED) is 0.466. The number of hydrogen-bond acceptors (Lipinski definition) is 2. The van der Waals surface area contributed by atoms with Crippen molar-refractivity contribution in [1.82, 2.24) is 5.48 Å². The molecule has 0 aliphatic heterocycles. The first-order valence-corrected chi connectivity index (χ1v) is 4.43. The summed E-state index contributed by atoms with van der Waals surface area (Å²) < 4.78 is 1.01. The van der Waals surface area contributed by atoms with E-state index < -0.39 is 5.91 Å². The number of hydrogen-bond donors (Lipinski definition) is 2. The molecule has 0 saturated heterocycles. The standard InChI is InChI=1S/C8H8INO2/c1-5-2-3-6(4-7(5)9)8(11)10-12/h2-4,12H,1H3,(H,10,11). The Morgan fingerprint density at radius 1 is 1.58 bits per heavy atom. The van der Waals surface area contributed by atoms with Gasteiger partial charge in [-0.15, -0.1) is 0 Å². The van der Waals surface area contributed by atoms with Gasteiger partial charge in [0.15, 0.2) is 0 Å². The molecule has 0 unspecified atom stereocenters. The average Bonchev–Trinajstić information content (AvgIpc) is 2.08. The van der Waals surface area contributed by atoms with E-state index in [4.69, 9.17) is 5.21 Å². The number of aryl methyl sites for hydroxylation is 1. The van der Waals surface area contributed by atoms with Crippen LogP contribution in [0.2, 0.25) is 0 Å². The Labute approximate surface area is 83.9 Å². The minimum Gasteiger partial charge on any atom is -0.288 e. The fourth-order valence-electron chi connectivity index (χ4n) is 0.799. The highest BCUT2D eigenvalue weighted by Crippen LogP contribution is 2.13. The first-order valence-electron chi connectivity index (χ1n) is 3.35. The summed E-state index contributed by atoms with van der Waals surface area (Å²) in [5, 5.41) is 8.35. The van der Waals surface area contributed by atoms with Crippen molar-refractivity contribution in [2.45, 2.75) is 6.92 Å². The Morgan fingerprint density at radius 2 is 2.25 bits per heavy atom. The molecule has 0 atom stereocenters. The fraction of sp³-hybridized carbons (Fsp3) is 0.125. The van der Waals surface area contributed by atoms with Crippen molar-refractivity contribution in [2.24, 2.45) is 0 Å². The number of carbonyl (C=O) groups is 1. The third-order valence-electron chi connectivity index (χ3n) is 1.54. The van der Waals surface area contributed by atoms with Crippen molar-refractivity contribution in [3.05, 3.63) is 32.9 Å². The van der Waals surface area contributed by atoms with Gasteiger partial charge in [0.2, 0.25) is 0 Å². The molecule has 1 rings (SSSR count). The molecule has 0 spiro atoms. The highest BCUT2D eigenvalue weighted by molar-refractivity contribution is 14.1. The van der Waals surface area contributed by atoms with Crippen LogP contribution in [0.5, 0.6) is 0 Å². The van der Waals surface area contributed by atoms with Gasteiger partial charge in [-0.3, -0.25) is 10.0 Å². The molecule has 4 heteroatoms. The highest BCUT2D eigenvalue weighted by atomic mass is 127. The fourth-order valence-corrected chi connectivity index (χ4v) is 1.31. The van der Waals surface area contributed by atoms with Gasteiger partial charge in [0.1, 0.15) is 0 Å². The summed E-state index contributed by atoms with van der Waals surface area (Å²) in [6, 6.07) is 5.23. The molecule has 2 N–H and O–H groups in total. The van der Waals surface area contributed by atoms with E-state index >= 15 is 0 Å². The molecule has 1 aromatic rings. The van der Waals surface area contributed by atoms with Crippen LogP contribution < -0.4 is 5.48 Å².